The van der Waals surface area contributed by atoms with Gasteiger partial charge >= 0.3 is 0 Å². The van der Waals surface area contributed by atoms with Gasteiger partial charge < -0.3 is 9.22 Å². The van der Waals surface area contributed by atoms with Crippen molar-refractivity contribution in [2.24, 2.45) is 11.8 Å². The first-order valence-electron chi connectivity index (χ1n) is 9.95. The number of carbonyl (C=O) groups is 2. The van der Waals surface area contributed by atoms with Gasteiger partial charge in [-0.2, -0.15) is 0 Å². The lowest BCUT2D eigenvalue weighted by atomic mass is 9.85. The lowest BCUT2D eigenvalue weighted by Gasteiger charge is -2.31. The maximum Gasteiger partial charge on any atom is 0.236 e. The van der Waals surface area contributed by atoms with Crippen LogP contribution in [0.15, 0.2) is 12.2 Å². The van der Waals surface area contributed by atoms with E-state index in [9.17, 15) is 9.59 Å². The van der Waals surface area contributed by atoms with Gasteiger partial charge in [-0.05, 0) is 12.8 Å². The molecule has 0 radical (unpaired) electrons. The molecule has 0 saturated carbocycles. The van der Waals surface area contributed by atoms with E-state index in [4.69, 9.17) is 4.74 Å². The number of quaternary nitrogens is 1. The van der Waals surface area contributed by atoms with Gasteiger partial charge in [0.25, 0.3) is 0 Å². The number of amides is 2. The number of nitrogens with zero attached hydrogens (tertiary/aromatic N) is 2. The number of ether oxygens (including phenoxy) is 1. The maximum atomic E-state index is 12.6. The summed E-state index contributed by atoms with van der Waals surface area (Å²) in [6.07, 6.45) is 11.3. The first kappa shape index (κ1) is 18.6. The summed E-state index contributed by atoms with van der Waals surface area (Å²) >= 11 is 0. The number of rotatable bonds is 10. The number of fused-ring (bicyclic) bond motifs is 5. The van der Waals surface area contributed by atoms with Crippen molar-refractivity contribution in [2.75, 3.05) is 33.7 Å². The van der Waals surface area contributed by atoms with Crippen LogP contribution >= 0.6 is 0 Å². The molecule has 2 amide bonds. The topological polar surface area (TPSA) is 46.6 Å². The predicted octanol–water partition coefficient (Wildman–Crippen LogP) is 2.36. The van der Waals surface area contributed by atoms with Crippen molar-refractivity contribution in [3.05, 3.63) is 12.2 Å². The molecule has 25 heavy (non-hydrogen) atoms. The number of likely N-dealkylation sites (tertiary alicyclic amines) is 1. The van der Waals surface area contributed by atoms with Gasteiger partial charge in [0.2, 0.25) is 11.8 Å². The summed E-state index contributed by atoms with van der Waals surface area (Å²) in [6.45, 7) is 4.70. The van der Waals surface area contributed by atoms with Gasteiger partial charge in [-0.25, -0.2) is 0 Å². The second-order valence-electron chi connectivity index (χ2n) is 8.48. The Balaban J connectivity index is 1.44. The highest BCUT2D eigenvalue weighted by molar-refractivity contribution is 6.06. The SMILES string of the molecule is CCCCCCCC[N+](C)(C)CCN1C(=O)[C@@H]2[C@H](C1=O)[C@H]1C=C[C@@H]2O1. The number of imide groups is 1. The minimum Gasteiger partial charge on any atom is -0.365 e. The molecule has 2 bridgehead atoms. The first-order valence-corrected chi connectivity index (χ1v) is 9.95. The average molecular weight is 349 g/mol. The molecule has 0 aromatic rings. The Morgan fingerprint density at radius 3 is 2.08 bits per heavy atom. The molecule has 0 spiro atoms. The molecule has 0 aromatic heterocycles. The molecule has 0 N–H and O–H groups in total. The van der Waals surface area contributed by atoms with Crippen molar-refractivity contribution in [3.8, 4) is 0 Å². The van der Waals surface area contributed by atoms with Crippen LogP contribution in [0.25, 0.3) is 0 Å². The summed E-state index contributed by atoms with van der Waals surface area (Å²) < 4.78 is 6.55. The zero-order valence-electron chi connectivity index (χ0n) is 15.9. The van der Waals surface area contributed by atoms with Crippen molar-refractivity contribution in [1.29, 1.82) is 0 Å². The monoisotopic (exact) mass is 349 g/mol. The van der Waals surface area contributed by atoms with Gasteiger partial charge in [0, 0.05) is 0 Å². The highest BCUT2D eigenvalue weighted by atomic mass is 16.5. The van der Waals surface area contributed by atoms with Crippen LogP contribution in [0, 0.1) is 11.8 Å². The van der Waals surface area contributed by atoms with Crippen LogP contribution in [0.4, 0.5) is 0 Å². The Bertz CT molecular complexity index is 513. The Hall–Kier alpha value is -1.20. The van der Waals surface area contributed by atoms with Crippen molar-refractivity contribution in [2.45, 2.75) is 57.7 Å². The second-order valence-corrected chi connectivity index (χ2v) is 8.48. The molecule has 2 saturated heterocycles. The fourth-order valence-corrected chi connectivity index (χ4v) is 4.39. The van der Waals surface area contributed by atoms with E-state index < -0.39 is 0 Å². The quantitative estimate of drug-likeness (QED) is 0.263. The normalized spacial score (nSPS) is 30.6. The van der Waals surface area contributed by atoms with Crippen molar-refractivity contribution < 1.29 is 18.8 Å². The molecule has 0 aliphatic carbocycles. The summed E-state index contributed by atoms with van der Waals surface area (Å²) in [7, 11) is 4.40. The predicted molar refractivity (Wildman–Crippen MR) is 96.7 cm³/mol. The molecule has 5 nitrogen and oxygen atoms in total. The van der Waals surface area contributed by atoms with E-state index in [0.717, 1.165) is 17.6 Å². The zero-order valence-corrected chi connectivity index (χ0v) is 15.9. The largest absolute Gasteiger partial charge is 0.365 e. The highest BCUT2D eigenvalue weighted by Crippen LogP contribution is 2.44. The van der Waals surface area contributed by atoms with E-state index >= 15 is 0 Å². The number of carbonyl (C=O) groups excluding carboxylic acids is 2. The van der Waals surface area contributed by atoms with Crippen LogP contribution in [0.3, 0.4) is 0 Å². The average Bonchev–Trinajstić information content (AvgIpc) is 3.24. The Morgan fingerprint density at radius 2 is 1.48 bits per heavy atom. The van der Waals surface area contributed by atoms with Gasteiger partial charge in [0.1, 0.15) is 0 Å². The summed E-state index contributed by atoms with van der Waals surface area (Å²) in [6, 6.07) is 0. The molecule has 3 aliphatic rings. The summed E-state index contributed by atoms with van der Waals surface area (Å²) in [5.74, 6) is -0.578. The van der Waals surface area contributed by atoms with Crippen LogP contribution in [0.2, 0.25) is 0 Å². The molecule has 4 atom stereocenters. The number of hydrogen-bond acceptors (Lipinski definition) is 3. The number of hydrogen-bond donors (Lipinski definition) is 0. The van der Waals surface area contributed by atoms with Crippen LogP contribution in [0.5, 0.6) is 0 Å². The van der Waals surface area contributed by atoms with E-state index in [1.54, 1.807) is 0 Å². The molecule has 3 rings (SSSR count). The van der Waals surface area contributed by atoms with Crippen LogP contribution in [-0.2, 0) is 14.3 Å². The van der Waals surface area contributed by atoms with Crippen LogP contribution in [0.1, 0.15) is 45.4 Å². The molecule has 3 aliphatic heterocycles. The van der Waals surface area contributed by atoms with Crippen molar-refractivity contribution in [1.82, 2.24) is 4.90 Å². The fourth-order valence-electron chi connectivity index (χ4n) is 4.39. The van der Waals surface area contributed by atoms with Gasteiger partial charge in [-0.3, -0.25) is 14.5 Å². The molecular weight excluding hydrogens is 316 g/mol. The third-order valence-electron chi connectivity index (χ3n) is 6.05. The number of unbranched alkanes of at least 4 members (excludes halogenated alkanes) is 5. The molecule has 0 aromatic carbocycles. The van der Waals surface area contributed by atoms with Crippen LogP contribution < -0.4 is 0 Å². The van der Waals surface area contributed by atoms with E-state index in [0.29, 0.717) is 6.54 Å². The molecule has 2 fully saturated rings. The van der Waals surface area contributed by atoms with Gasteiger partial charge in [0.05, 0.1) is 57.8 Å². The Morgan fingerprint density at radius 1 is 0.920 bits per heavy atom. The van der Waals surface area contributed by atoms with Gasteiger partial charge in [-0.15, -0.1) is 0 Å². The lowest BCUT2D eigenvalue weighted by molar-refractivity contribution is -0.889. The van der Waals surface area contributed by atoms with Crippen molar-refractivity contribution >= 4 is 11.8 Å². The third kappa shape index (κ3) is 3.82. The van der Waals surface area contributed by atoms with Gasteiger partial charge in [-0.1, -0.05) is 44.8 Å². The minimum absolute atomic E-state index is 0.0218. The minimum atomic E-state index is -0.267. The zero-order chi connectivity index (χ0) is 18.0. The molecule has 5 heteroatoms. The molecular formula is C20H33N2O3+. The standard InChI is InChI=1S/C20H33N2O3/c1-4-5-6-7-8-9-13-22(2,3)14-12-21-19(23)17-15-10-11-16(25-15)18(17)20(21)24/h10-11,15-18H,4-9,12-14H2,1-3H3/q+1/t15-,16+,17-,18+. The van der Waals surface area contributed by atoms with E-state index in [1.807, 2.05) is 12.2 Å². The molecule has 3 heterocycles. The van der Waals surface area contributed by atoms with Gasteiger partial charge in [0.15, 0.2) is 0 Å². The lowest BCUT2D eigenvalue weighted by Crippen LogP contribution is -2.48. The smallest absolute Gasteiger partial charge is 0.236 e. The van der Waals surface area contributed by atoms with Crippen molar-refractivity contribution in [3.63, 3.8) is 0 Å². The first-order chi connectivity index (χ1) is 11.9. The van der Waals surface area contributed by atoms with Crippen LogP contribution in [-0.4, -0.2) is 67.1 Å². The summed E-state index contributed by atoms with van der Waals surface area (Å²) in [5.41, 5.74) is 0. The Labute approximate surface area is 151 Å². The molecule has 0 unspecified atom stereocenters. The third-order valence-corrected chi connectivity index (χ3v) is 6.05. The second kappa shape index (κ2) is 7.58. The number of likely N-dealkylation sites (N-methyl/N-ethyl adjacent to an activating group) is 1. The fraction of sp³-hybridized carbons (Fsp3) is 0.800. The van der Waals surface area contributed by atoms with E-state index in [-0.39, 0.29) is 35.9 Å². The maximum absolute atomic E-state index is 12.6. The van der Waals surface area contributed by atoms with E-state index in [1.165, 1.54) is 43.4 Å². The summed E-state index contributed by atoms with van der Waals surface area (Å²) in [5, 5.41) is 0. The Kier molecular flexibility index (Phi) is 5.64. The summed E-state index contributed by atoms with van der Waals surface area (Å²) in [4.78, 5) is 26.8. The molecule has 140 valence electrons. The van der Waals surface area contributed by atoms with E-state index in [2.05, 4.69) is 21.0 Å². The highest BCUT2D eigenvalue weighted by Gasteiger charge is 2.60.